The molecule has 0 saturated carbocycles. The lowest BCUT2D eigenvalue weighted by molar-refractivity contribution is -0.0715. The fourth-order valence-electron chi connectivity index (χ4n) is 3.37. The molecule has 0 aliphatic carbocycles. The summed E-state index contributed by atoms with van der Waals surface area (Å²) < 4.78 is 41.9. The van der Waals surface area contributed by atoms with Crippen molar-refractivity contribution in [3.8, 4) is 10.4 Å². The average Bonchev–Trinajstić information content (AvgIpc) is 3.08. The second-order valence-electron chi connectivity index (χ2n) is 7.43. The van der Waals surface area contributed by atoms with Crippen molar-refractivity contribution in [1.82, 2.24) is 15.2 Å². The summed E-state index contributed by atoms with van der Waals surface area (Å²) in [5.41, 5.74) is 0.653. The first-order valence-electron chi connectivity index (χ1n) is 9.32. The number of halogens is 3. The summed E-state index contributed by atoms with van der Waals surface area (Å²) in [6, 6.07) is 5.59. The minimum atomic E-state index is -2.92. The number of nitrogens with zero attached hydrogens (tertiary/aromatic N) is 2. The van der Waals surface area contributed by atoms with E-state index in [4.69, 9.17) is 0 Å². The van der Waals surface area contributed by atoms with Gasteiger partial charge in [0.05, 0.1) is 16.4 Å². The number of amides is 1. The molecule has 1 N–H and O–H groups in total. The molecule has 1 aliphatic heterocycles. The number of carbonyl (C=O) groups excluding carboxylic acids is 1. The predicted molar refractivity (Wildman–Crippen MR) is 105 cm³/mol. The van der Waals surface area contributed by atoms with Crippen molar-refractivity contribution < 1.29 is 18.0 Å². The molecule has 8 heteroatoms. The van der Waals surface area contributed by atoms with Crippen LogP contribution in [0.4, 0.5) is 13.2 Å². The van der Waals surface area contributed by atoms with E-state index < -0.39 is 24.2 Å². The van der Waals surface area contributed by atoms with Gasteiger partial charge in [-0.25, -0.2) is 18.2 Å². The third kappa shape index (κ3) is 4.38. The molecular formula is C20H24F3N3OS. The number of likely N-dealkylation sites (tertiary alicyclic amines) is 1. The minimum absolute atomic E-state index is 0.0646. The number of carbonyl (C=O) groups is 1. The lowest BCUT2D eigenvalue weighted by Crippen LogP contribution is -2.54. The fourth-order valence-corrected chi connectivity index (χ4v) is 4.42. The molecule has 1 fully saturated rings. The van der Waals surface area contributed by atoms with Crippen LogP contribution in [-0.2, 0) is 0 Å². The third-order valence-corrected chi connectivity index (χ3v) is 6.22. The largest absolute Gasteiger partial charge is 0.327 e. The molecule has 1 atom stereocenters. The van der Waals surface area contributed by atoms with Gasteiger partial charge in [-0.1, -0.05) is 26.0 Å². The summed E-state index contributed by atoms with van der Waals surface area (Å²) in [5.74, 6) is -3.81. The van der Waals surface area contributed by atoms with Crippen LogP contribution in [0.15, 0.2) is 24.3 Å². The maximum atomic E-state index is 14.1. The smallest absolute Gasteiger partial charge is 0.274 e. The molecule has 28 heavy (non-hydrogen) atoms. The van der Waals surface area contributed by atoms with Gasteiger partial charge in [0.1, 0.15) is 11.5 Å². The monoisotopic (exact) mass is 411 g/mol. The van der Waals surface area contributed by atoms with Gasteiger partial charge in [-0.3, -0.25) is 4.79 Å². The Morgan fingerprint density at radius 2 is 2.18 bits per heavy atom. The van der Waals surface area contributed by atoms with Crippen LogP contribution in [0.5, 0.6) is 0 Å². The number of piperidine rings is 1. The SMILES string of the molecule is CNCC1CCC(F)(F)CN1C(=O)c1nc(C(C)C)sc1-c1cccc(F)c1. The zero-order valence-corrected chi connectivity index (χ0v) is 17.0. The minimum Gasteiger partial charge on any atom is -0.327 e. The molecule has 1 amide bonds. The van der Waals surface area contributed by atoms with Gasteiger partial charge < -0.3 is 10.2 Å². The summed E-state index contributed by atoms with van der Waals surface area (Å²) >= 11 is 1.31. The molecule has 0 bridgehead atoms. The number of likely N-dealkylation sites (N-methyl/N-ethyl adjacent to an activating group) is 1. The van der Waals surface area contributed by atoms with Gasteiger partial charge in [-0.05, 0) is 31.2 Å². The van der Waals surface area contributed by atoms with Crippen molar-refractivity contribution in [3.63, 3.8) is 0 Å². The van der Waals surface area contributed by atoms with E-state index >= 15 is 0 Å². The van der Waals surface area contributed by atoms with Gasteiger partial charge >= 0.3 is 0 Å². The van der Waals surface area contributed by atoms with Crippen LogP contribution in [-0.4, -0.2) is 47.9 Å². The Morgan fingerprint density at radius 1 is 1.43 bits per heavy atom. The Hall–Kier alpha value is -1.93. The number of alkyl halides is 2. The van der Waals surface area contributed by atoms with E-state index in [2.05, 4.69) is 10.3 Å². The van der Waals surface area contributed by atoms with Crippen molar-refractivity contribution in [1.29, 1.82) is 0 Å². The third-order valence-electron chi connectivity index (χ3n) is 4.81. The highest BCUT2D eigenvalue weighted by Gasteiger charge is 2.43. The molecule has 0 spiro atoms. The van der Waals surface area contributed by atoms with Crippen LogP contribution in [0.1, 0.15) is 48.1 Å². The van der Waals surface area contributed by atoms with E-state index in [0.29, 0.717) is 17.0 Å². The van der Waals surface area contributed by atoms with Crippen molar-refractivity contribution in [3.05, 3.63) is 40.8 Å². The molecule has 2 heterocycles. The van der Waals surface area contributed by atoms with E-state index in [9.17, 15) is 18.0 Å². The lowest BCUT2D eigenvalue weighted by atomic mass is 9.98. The maximum Gasteiger partial charge on any atom is 0.274 e. The normalized spacial score (nSPS) is 19.2. The van der Waals surface area contributed by atoms with E-state index in [0.717, 1.165) is 5.01 Å². The van der Waals surface area contributed by atoms with Crippen molar-refractivity contribution in [2.24, 2.45) is 0 Å². The van der Waals surface area contributed by atoms with E-state index in [1.54, 1.807) is 19.2 Å². The van der Waals surface area contributed by atoms with Crippen molar-refractivity contribution >= 4 is 17.2 Å². The van der Waals surface area contributed by atoms with Crippen LogP contribution in [0.25, 0.3) is 10.4 Å². The molecule has 152 valence electrons. The van der Waals surface area contributed by atoms with Gasteiger partial charge in [-0.2, -0.15) is 0 Å². The van der Waals surface area contributed by atoms with E-state index in [1.165, 1.54) is 28.4 Å². The molecule has 1 aromatic heterocycles. The Balaban J connectivity index is 2.04. The average molecular weight is 411 g/mol. The number of hydrogen-bond acceptors (Lipinski definition) is 4. The highest BCUT2D eigenvalue weighted by atomic mass is 32.1. The molecule has 1 unspecified atom stereocenters. The van der Waals surface area contributed by atoms with Gasteiger partial charge in [0.15, 0.2) is 0 Å². The Kier molecular flexibility index (Phi) is 6.09. The topological polar surface area (TPSA) is 45.2 Å². The van der Waals surface area contributed by atoms with Crippen LogP contribution < -0.4 is 5.32 Å². The first-order valence-corrected chi connectivity index (χ1v) is 10.1. The van der Waals surface area contributed by atoms with Crippen LogP contribution in [0.2, 0.25) is 0 Å². The number of aromatic nitrogens is 1. The predicted octanol–water partition coefficient (Wildman–Crippen LogP) is 4.53. The summed E-state index contributed by atoms with van der Waals surface area (Å²) in [5, 5.41) is 3.69. The first-order chi connectivity index (χ1) is 13.2. The zero-order valence-electron chi connectivity index (χ0n) is 16.1. The van der Waals surface area contributed by atoms with E-state index in [-0.39, 0.29) is 30.5 Å². The number of nitrogens with one attached hydrogen (secondary N) is 1. The Morgan fingerprint density at radius 3 is 2.82 bits per heavy atom. The highest BCUT2D eigenvalue weighted by molar-refractivity contribution is 7.15. The molecule has 1 aromatic carbocycles. The van der Waals surface area contributed by atoms with Gasteiger partial charge in [-0.15, -0.1) is 11.3 Å². The standard InChI is InChI=1S/C20H24F3N3OS/c1-12(2)18-25-16(17(28-18)13-5-4-6-14(21)9-13)19(27)26-11-20(22,23)8-7-15(26)10-24-3/h4-6,9,12,15,24H,7-8,10-11H2,1-3H3. The van der Waals surface area contributed by atoms with Crippen molar-refractivity contribution in [2.45, 2.75) is 44.6 Å². The fraction of sp³-hybridized carbons (Fsp3) is 0.500. The summed E-state index contributed by atoms with van der Waals surface area (Å²) in [7, 11) is 1.73. The first kappa shape index (κ1) is 20.8. The molecule has 1 saturated heterocycles. The quantitative estimate of drug-likeness (QED) is 0.786. The Bertz CT molecular complexity index is 853. The molecular weight excluding hydrogens is 387 g/mol. The van der Waals surface area contributed by atoms with Crippen molar-refractivity contribution in [2.75, 3.05) is 20.1 Å². The zero-order chi connectivity index (χ0) is 20.5. The molecule has 2 aromatic rings. The second-order valence-corrected chi connectivity index (χ2v) is 8.46. The summed E-state index contributed by atoms with van der Waals surface area (Å²) in [6.45, 7) is 3.69. The van der Waals surface area contributed by atoms with Crippen LogP contribution in [0, 0.1) is 5.82 Å². The molecule has 3 rings (SSSR count). The van der Waals surface area contributed by atoms with E-state index in [1.807, 2.05) is 13.8 Å². The number of benzene rings is 1. The second kappa shape index (κ2) is 8.21. The van der Waals surface area contributed by atoms with Gasteiger partial charge in [0, 0.05) is 24.9 Å². The number of thiazole rings is 1. The molecule has 0 radical (unpaired) electrons. The van der Waals surface area contributed by atoms with Crippen LogP contribution in [0.3, 0.4) is 0 Å². The summed E-state index contributed by atoms with van der Waals surface area (Å²) in [4.78, 5) is 19.5. The van der Waals surface area contributed by atoms with Crippen LogP contribution >= 0.6 is 11.3 Å². The summed E-state index contributed by atoms with van der Waals surface area (Å²) in [6.07, 6.45) is -0.0236. The van der Waals surface area contributed by atoms with Gasteiger partial charge in [0.2, 0.25) is 0 Å². The molecule has 1 aliphatic rings. The number of rotatable bonds is 5. The maximum absolute atomic E-state index is 14.1. The highest BCUT2D eigenvalue weighted by Crippen LogP contribution is 2.37. The van der Waals surface area contributed by atoms with Gasteiger partial charge in [0.25, 0.3) is 11.8 Å². The Labute approximate surface area is 166 Å². The lowest BCUT2D eigenvalue weighted by Gasteiger charge is -2.39. The molecule has 4 nitrogen and oxygen atoms in total. The number of hydrogen-bond donors (Lipinski definition) is 1.